The summed E-state index contributed by atoms with van der Waals surface area (Å²) in [5, 5.41) is 2.23. The Kier molecular flexibility index (Phi) is 6.26. The molecule has 1 atom stereocenters. The van der Waals surface area contributed by atoms with Gasteiger partial charge in [-0.1, -0.05) is 67.3 Å². The van der Waals surface area contributed by atoms with Crippen LogP contribution in [0.2, 0.25) is 19.6 Å². The molecule has 0 saturated heterocycles. The average molecular weight is 478 g/mol. The van der Waals surface area contributed by atoms with Crippen molar-refractivity contribution in [3.05, 3.63) is 82.7 Å². The zero-order chi connectivity index (χ0) is 23.9. The van der Waals surface area contributed by atoms with E-state index in [1.54, 1.807) is 55.5 Å². The zero-order valence-corrected chi connectivity index (χ0v) is 19.8. The van der Waals surface area contributed by atoms with Crippen molar-refractivity contribution in [3.8, 4) is 0 Å². The highest BCUT2D eigenvalue weighted by atomic mass is 32.2. The minimum absolute atomic E-state index is 0.300. The van der Waals surface area contributed by atoms with Crippen LogP contribution in [0.25, 0.3) is 15.6 Å². The maximum Gasteiger partial charge on any atom is 0.523 e. The average Bonchev–Trinajstić information content (AvgIpc) is 2.69. The highest BCUT2D eigenvalue weighted by molar-refractivity contribution is 7.87. The Morgan fingerprint density at radius 2 is 1.59 bits per heavy atom. The van der Waals surface area contributed by atoms with Gasteiger partial charge < -0.3 is 0 Å². The van der Waals surface area contributed by atoms with E-state index in [0.29, 0.717) is 22.2 Å². The van der Waals surface area contributed by atoms with Crippen molar-refractivity contribution >= 4 is 39.8 Å². The van der Waals surface area contributed by atoms with Gasteiger partial charge in [-0.2, -0.15) is 21.6 Å². The second kappa shape index (κ2) is 8.35. The van der Waals surface area contributed by atoms with Crippen LogP contribution in [0.4, 0.5) is 18.9 Å². The maximum absolute atomic E-state index is 13.2. The van der Waals surface area contributed by atoms with E-state index < -0.39 is 29.8 Å². The fourth-order valence-corrected chi connectivity index (χ4v) is 5.79. The third kappa shape index (κ3) is 4.72. The molecular weight excluding hydrogens is 455 g/mol. The molecule has 0 heterocycles. The molecule has 0 aliphatic rings. The number of aryl methyl sites for hydroxylation is 1. The number of hydrogen-bond donors (Lipinski definition) is 0. The van der Waals surface area contributed by atoms with Gasteiger partial charge in [-0.15, -0.1) is 0 Å². The number of hydrogen-bond acceptors (Lipinski definition) is 3. The molecule has 9 heteroatoms. The fourth-order valence-electron chi connectivity index (χ4n) is 3.55. The largest absolute Gasteiger partial charge is 0.523 e. The van der Waals surface area contributed by atoms with E-state index in [0.717, 1.165) is 16.1 Å². The lowest BCUT2D eigenvalue weighted by Crippen LogP contribution is -2.42. The van der Waals surface area contributed by atoms with E-state index in [1.807, 2.05) is 25.7 Å². The van der Waals surface area contributed by atoms with Crippen molar-refractivity contribution in [2.24, 2.45) is 0 Å². The summed E-state index contributed by atoms with van der Waals surface area (Å²) in [5.41, 5.74) is -3.65. The summed E-state index contributed by atoms with van der Waals surface area (Å²) in [6.07, 6.45) is -1.46. The highest BCUT2D eigenvalue weighted by Crippen LogP contribution is 2.36. The van der Waals surface area contributed by atoms with Crippen LogP contribution in [-0.2, 0) is 14.3 Å². The minimum Gasteiger partial charge on any atom is -0.250 e. The summed E-state index contributed by atoms with van der Waals surface area (Å²) in [7, 11) is -8.04. The third-order valence-electron chi connectivity index (χ3n) is 5.14. The second-order valence-corrected chi connectivity index (χ2v) is 15.2. The molecule has 0 aliphatic heterocycles. The van der Waals surface area contributed by atoms with Crippen LogP contribution in [0.3, 0.4) is 0 Å². The number of benzene rings is 3. The molecule has 32 heavy (non-hydrogen) atoms. The SMILES string of the molecule is [C-]#[N+]c1cc2cc([Si](C)(C)C)c(C(OS(=O)(=O)C(F)(F)F)c3ccccc3)cc2cc1C. The van der Waals surface area contributed by atoms with Crippen LogP contribution in [0.1, 0.15) is 22.8 Å². The Morgan fingerprint density at radius 3 is 2.12 bits per heavy atom. The van der Waals surface area contributed by atoms with Crippen LogP contribution < -0.4 is 5.19 Å². The summed E-state index contributed by atoms with van der Waals surface area (Å²) in [5.74, 6) is 0. The molecule has 3 aromatic rings. The number of nitrogens with zero attached hydrogens (tertiary/aromatic N) is 1. The highest BCUT2D eigenvalue weighted by Gasteiger charge is 2.49. The first-order valence-electron chi connectivity index (χ1n) is 9.75. The van der Waals surface area contributed by atoms with Gasteiger partial charge in [-0.3, -0.25) is 4.18 Å². The molecule has 4 nitrogen and oxygen atoms in total. The quantitative estimate of drug-likeness (QED) is 0.190. The summed E-state index contributed by atoms with van der Waals surface area (Å²) < 4.78 is 68.5. The van der Waals surface area contributed by atoms with Crippen molar-refractivity contribution in [1.82, 2.24) is 0 Å². The molecule has 1 unspecified atom stereocenters. The lowest BCUT2D eigenvalue weighted by Gasteiger charge is -2.28. The molecule has 0 amide bonds. The first-order valence-corrected chi connectivity index (χ1v) is 14.7. The van der Waals surface area contributed by atoms with Crippen molar-refractivity contribution in [3.63, 3.8) is 0 Å². The van der Waals surface area contributed by atoms with Crippen molar-refractivity contribution < 1.29 is 25.8 Å². The molecule has 0 aromatic heterocycles. The molecule has 0 bridgehead atoms. The topological polar surface area (TPSA) is 47.7 Å². The minimum atomic E-state index is -5.85. The molecule has 0 radical (unpaired) electrons. The molecule has 0 fully saturated rings. The fraction of sp³-hybridized carbons (Fsp3) is 0.261. The van der Waals surface area contributed by atoms with Gasteiger partial charge in [0.2, 0.25) is 0 Å². The molecule has 0 saturated carbocycles. The van der Waals surface area contributed by atoms with Crippen LogP contribution in [0.15, 0.2) is 54.6 Å². The molecule has 168 valence electrons. The maximum atomic E-state index is 13.2. The van der Waals surface area contributed by atoms with E-state index >= 15 is 0 Å². The Balaban J connectivity index is 2.35. The van der Waals surface area contributed by atoms with Gasteiger partial charge in [0.15, 0.2) is 5.69 Å². The lowest BCUT2D eigenvalue weighted by molar-refractivity contribution is -0.0562. The van der Waals surface area contributed by atoms with Crippen LogP contribution in [-0.4, -0.2) is 22.0 Å². The van der Waals surface area contributed by atoms with E-state index in [4.69, 9.17) is 10.8 Å². The molecule has 0 aliphatic carbocycles. The summed E-state index contributed by atoms with van der Waals surface area (Å²) in [6, 6.07) is 15.1. The molecular formula is C23H22F3NO3SSi. The standard InChI is InChI=1S/C23H22F3NO3SSi/c1-15-11-17-12-19(21(32(3,4)5)14-18(17)13-20(15)27-2)22(16-9-7-6-8-10-16)30-31(28,29)23(24,25)26/h6-14,22H,1,3-5H3. The predicted octanol–water partition coefficient (Wildman–Crippen LogP) is 6.20. The summed E-state index contributed by atoms with van der Waals surface area (Å²) in [4.78, 5) is 3.53. The van der Waals surface area contributed by atoms with Crippen molar-refractivity contribution in [1.29, 1.82) is 0 Å². The van der Waals surface area contributed by atoms with Crippen molar-refractivity contribution in [2.45, 2.75) is 38.2 Å². The van der Waals surface area contributed by atoms with E-state index in [9.17, 15) is 21.6 Å². The Labute approximate surface area is 186 Å². The normalized spacial score (nSPS) is 13.7. The summed E-state index contributed by atoms with van der Waals surface area (Å²) in [6.45, 7) is 15.2. The van der Waals surface area contributed by atoms with Crippen LogP contribution in [0, 0.1) is 13.5 Å². The van der Waals surface area contributed by atoms with Gasteiger partial charge in [0.1, 0.15) is 6.10 Å². The number of fused-ring (bicyclic) bond motifs is 1. The van der Waals surface area contributed by atoms with Crippen LogP contribution >= 0.6 is 0 Å². The first-order chi connectivity index (χ1) is 14.7. The van der Waals surface area contributed by atoms with Gasteiger partial charge in [0, 0.05) is 0 Å². The second-order valence-electron chi connectivity index (χ2n) is 8.57. The molecule has 0 N–H and O–H groups in total. The van der Waals surface area contributed by atoms with Gasteiger partial charge in [-0.25, -0.2) is 4.85 Å². The van der Waals surface area contributed by atoms with E-state index in [1.165, 1.54) is 0 Å². The Hall–Kier alpha value is -2.67. The van der Waals surface area contributed by atoms with Gasteiger partial charge in [0.05, 0.1) is 14.6 Å². The third-order valence-corrected chi connectivity index (χ3v) is 8.20. The smallest absolute Gasteiger partial charge is 0.250 e. The first kappa shape index (κ1) is 24.0. The summed E-state index contributed by atoms with van der Waals surface area (Å²) >= 11 is 0. The monoisotopic (exact) mass is 477 g/mol. The molecule has 3 rings (SSSR count). The lowest BCUT2D eigenvalue weighted by atomic mass is 9.97. The Morgan fingerprint density at radius 1 is 1.00 bits per heavy atom. The van der Waals surface area contributed by atoms with E-state index in [-0.39, 0.29) is 0 Å². The van der Waals surface area contributed by atoms with Gasteiger partial charge >= 0.3 is 15.6 Å². The van der Waals surface area contributed by atoms with Gasteiger partial charge in [-0.05, 0) is 46.5 Å². The van der Waals surface area contributed by atoms with Crippen molar-refractivity contribution in [2.75, 3.05) is 0 Å². The number of rotatable bonds is 5. The molecule has 3 aromatic carbocycles. The number of alkyl halides is 3. The molecule has 0 spiro atoms. The Bertz CT molecular complexity index is 1310. The predicted molar refractivity (Wildman–Crippen MR) is 122 cm³/mol. The zero-order valence-electron chi connectivity index (χ0n) is 18.0. The van der Waals surface area contributed by atoms with E-state index in [2.05, 4.69) is 4.85 Å². The number of halogens is 3. The van der Waals surface area contributed by atoms with Gasteiger partial charge in [0.25, 0.3) is 0 Å². The van der Waals surface area contributed by atoms with Crippen LogP contribution in [0.5, 0.6) is 0 Å².